The van der Waals surface area contributed by atoms with Gasteiger partial charge in [-0.2, -0.15) is 0 Å². The zero-order valence-electron chi connectivity index (χ0n) is 12.5. The molecule has 0 unspecified atom stereocenters. The number of aromatic nitrogens is 3. The molecule has 1 heterocycles. The molecule has 1 fully saturated rings. The number of aromatic carboxylic acids is 1. The molecule has 116 valence electrons. The van der Waals surface area contributed by atoms with E-state index in [9.17, 15) is 9.90 Å². The molecule has 1 N–H and O–H groups in total. The molecule has 6 nitrogen and oxygen atoms in total. The van der Waals surface area contributed by atoms with Gasteiger partial charge in [-0.1, -0.05) is 18.6 Å². The predicted molar refractivity (Wildman–Crippen MR) is 80.7 cm³/mol. The van der Waals surface area contributed by atoms with E-state index in [-0.39, 0.29) is 11.6 Å². The van der Waals surface area contributed by atoms with E-state index in [0.717, 1.165) is 37.1 Å². The Morgan fingerprint density at radius 2 is 2.09 bits per heavy atom. The first kappa shape index (κ1) is 14.6. The summed E-state index contributed by atoms with van der Waals surface area (Å²) in [5.74, 6) is 0.0398. The van der Waals surface area contributed by atoms with Crippen molar-refractivity contribution in [1.29, 1.82) is 0 Å². The smallest absolute Gasteiger partial charge is 0.358 e. The van der Waals surface area contributed by atoms with Gasteiger partial charge >= 0.3 is 5.97 Å². The second-order valence-electron chi connectivity index (χ2n) is 5.51. The Morgan fingerprint density at radius 1 is 1.36 bits per heavy atom. The molecular weight excluding hydrogens is 282 g/mol. The molecular formula is C16H19N3O3. The van der Waals surface area contributed by atoms with Gasteiger partial charge in [-0.3, -0.25) is 0 Å². The molecule has 0 amide bonds. The van der Waals surface area contributed by atoms with Crippen LogP contribution in [0.1, 0.15) is 54.7 Å². The van der Waals surface area contributed by atoms with Crippen LogP contribution in [0.2, 0.25) is 0 Å². The zero-order chi connectivity index (χ0) is 15.5. The van der Waals surface area contributed by atoms with E-state index in [1.807, 2.05) is 24.3 Å². The highest BCUT2D eigenvalue weighted by molar-refractivity contribution is 5.87. The molecule has 1 saturated carbocycles. The highest BCUT2D eigenvalue weighted by atomic mass is 16.5. The first-order valence-electron chi connectivity index (χ1n) is 7.62. The Bertz CT molecular complexity index is 660. The number of unbranched alkanes of at least 4 members (excludes halogenated alkanes) is 1. The number of rotatable bonds is 7. The van der Waals surface area contributed by atoms with E-state index < -0.39 is 5.97 Å². The lowest BCUT2D eigenvalue weighted by atomic mass is 10.2. The highest BCUT2D eigenvalue weighted by Gasteiger charge is 2.34. The number of hydrogen-bond donors (Lipinski definition) is 1. The maximum atomic E-state index is 11.3. The fraction of sp³-hybridized carbons (Fsp3) is 0.438. The van der Waals surface area contributed by atoms with Crippen LogP contribution >= 0.6 is 0 Å². The Kier molecular flexibility index (Phi) is 4.09. The summed E-state index contributed by atoms with van der Waals surface area (Å²) in [5, 5.41) is 17.1. The first-order valence-corrected chi connectivity index (χ1v) is 7.62. The molecule has 3 rings (SSSR count). The van der Waals surface area contributed by atoms with E-state index in [1.54, 1.807) is 4.68 Å². The molecule has 1 aliphatic carbocycles. The van der Waals surface area contributed by atoms with Gasteiger partial charge < -0.3 is 9.84 Å². The van der Waals surface area contributed by atoms with E-state index >= 15 is 0 Å². The van der Waals surface area contributed by atoms with Gasteiger partial charge in [-0.05, 0) is 43.5 Å². The number of carboxylic acid groups (broad SMARTS) is 1. The summed E-state index contributed by atoms with van der Waals surface area (Å²) in [6.07, 6.45) is 4.11. The summed E-state index contributed by atoms with van der Waals surface area (Å²) >= 11 is 0. The van der Waals surface area contributed by atoms with Crippen LogP contribution in [-0.4, -0.2) is 32.7 Å². The van der Waals surface area contributed by atoms with Gasteiger partial charge in [-0.25, -0.2) is 9.48 Å². The van der Waals surface area contributed by atoms with Crippen molar-refractivity contribution >= 4 is 5.97 Å². The van der Waals surface area contributed by atoms with E-state index in [2.05, 4.69) is 17.2 Å². The lowest BCUT2D eigenvalue weighted by molar-refractivity contribution is 0.0689. The summed E-state index contributed by atoms with van der Waals surface area (Å²) in [6, 6.07) is 7.52. The minimum Gasteiger partial charge on any atom is -0.494 e. The molecule has 2 aromatic rings. The zero-order valence-corrected chi connectivity index (χ0v) is 12.5. The highest BCUT2D eigenvalue weighted by Crippen LogP contribution is 2.42. The number of carboxylic acids is 1. The SMILES string of the molecule is CCCCOc1ccc(-n2nnc(C(=O)O)c2C2CC2)cc1. The minimum absolute atomic E-state index is 0.0609. The van der Waals surface area contributed by atoms with Crippen molar-refractivity contribution in [1.82, 2.24) is 15.0 Å². The molecule has 0 aliphatic heterocycles. The van der Waals surface area contributed by atoms with Crippen LogP contribution in [0.4, 0.5) is 0 Å². The third kappa shape index (κ3) is 2.95. The van der Waals surface area contributed by atoms with Crippen molar-refractivity contribution in [3.8, 4) is 11.4 Å². The molecule has 0 radical (unpaired) electrons. The van der Waals surface area contributed by atoms with Gasteiger partial charge in [-0.15, -0.1) is 5.10 Å². The summed E-state index contributed by atoms with van der Waals surface area (Å²) in [6.45, 7) is 2.83. The minimum atomic E-state index is -1.02. The standard InChI is InChI=1S/C16H19N3O3/c1-2-3-10-22-13-8-6-12(7-9-13)19-15(11-4-5-11)14(16(20)21)17-18-19/h6-9,11H,2-5,10H2,1H3,(H,20,21). The van der Waals surface area contributed by atoms with Gasteiger partial charge in [0.2, 0.25) is 0 Å². The van der Waals surface area contributed by atoms with Crippen LogP contribution < -0.4 is 4.74 Å². The molecule has 0 bridgehead atoms. The molecule has 1 aliphatic rings. The van der Waals surface area contributed by atoms with E-state index in [0.29, 0.717) is 12.3 Å². The van der Waals surface area contributed by atoms with Crippen molar-refractivity contribution in [3.63, 3.8) is 0 Å². The topological polar surface area (TPSA) is 77.2 Å². The monoisotopic (exact) mass is 301 g/mol. The fourth-order valence-corrected chi connectivity index (χ4v) is 2.37. The average molecular weight is 301 g/mol. The molecule has 1 aromatic carbocycles. The van der Waals surface area contributed by atoms with Crippen LogP contribution in [0.25, 0.3) is 5.69 Å². The largest absolute Gasteiger partial charge is 0.494 e. The Morgan fingerprint density at radius 3 is 2.68 bits per heavy atom. The lowest BCUT2D eigenvalue weighted by Gasteiger charge is -2.08. The van der Waals surface area contributed by atoms with Crippen LogP contribution in [0.5, 0.6) is 5.75 Å². The van der Waals surface area contributed by atoms with E-state index in [4.69, 9.17) is 4.74 Å². The second-order valence-corrected chi connectivity index (χ2v) is 5.51. The van der Waals surface area contributed by atoms with Crippen LogP contribution in [0.3, 0.4) is 0 Å². The van der Waals surface area contributed by atoms with Crippen LogP contribution in [0, 0.1) is 0 Å². The number of hydrogen-bond acceptors (Lipinski definition) is 4. The molecule has 22 heavy (non-hydrogen) atoms. The van der Waals surface area contributed by atoms with E-state index in [1.165, 1.54) is 0 Å². The molecule has 0 spiro atoms. The lowest BCUT2D eigenvalue weighted by Crippen LogP contribution is -2.06. The Labute approximate surface area is 128 Å². The van der Waals surface area contributed by atoms with Gasteiger partial charge in [0.25, 0.3) is 0 Å². The third-order valence-electron chi connectivity index (χ3n) is 3.72. The van der Waals surface area contributed by atoms with Gasteiger partial charge in [0.1, 0.15) is 5.75 Å². The summed E-state index contributed by atoms with van der Waals surface area (Å²) in [5.41, 5.74) is 1.57. The van der Waals surface area contributed by atoms with Crippen molar-refractivity contribution in [2.45, 2.75) is 38.5 Å². The molecule has 1 aromatic heterocycles. The number of benzene rings is 1. The number of carbonyl (C=O) groups is 1. The Hall–Kier alpha value is -2.37. The first-order chi connectivity index (χ1) is 10.7. The quantitative estimate of drug-likeness (QED) is 0.795. The second kappa shape index (κ2) is 6.17. The summed E-state index contributed by atoms with van der Waals surface area (Å²) < 4.78 is 7.27. The summed E-state index contributed by atoms with van der Waals surface area (Å²) in [7, 11) is 0. The van der Waals surface area contributed by atoms with Gasteiger partial charge in [0.15, 0.2) is 5.69 Å². The number of nitrogens with zero attached hydrogens (tertiary/aromatic N) is 3. The predicted octanol–water partition coefficient (Wildman–Crippen LogP) is 3.02. The van der Waals surface area contributed by atoms with Crippen molar-refractivity contribution < 1.29 is 14.6 Å². The van der Waals surface area contributed by atoms with Crippen molar-refractivity contribution in [2.24, 2.45) is 0 Å². The average Bonchev–Trinajstić information content (AvgIpc) is 3.26. The Balaban J connectivity index is 1.83. The van der Waals surface area contributed by atoms with Gasteiger partial charge in [0, 0.05) is 5.92 Å². The third-order valence-corrected chi connectivity index (χ3v) is 3.72. The van der Waals surface area contributed by atoms with Crippen molar-refractivity contribution in [2.75, 3.05) is 6.61 Å². The molecule has 6 heteroatoms. The number of ether oxygens (including phenoxy) is 1. The maximum Gasteiger partial charge on any atom is 0.358 e. The fourth-order valence-electron chi connectivity index (χ4n) is 2.37. The van der Waals surface area contributed by atoms with Gasteiger partial charge in [0.05, 0.1) is 18.0 Å². The normalized spacial score (nSPS) is 14.0. The van der Waals surface area contributed by atoms with Crippen molar-refractivity contribution in [3.05, 3.63) is 35.7 Å². The maximum absolute atomic E-state index is 11.3. The van der Waals surface area contributed by atoms with Crippen LogP contribution in [0.15, 0.2) is 24.3 Å². The summed E-state index contributed by atoms with van der Waals surface area (Å²) in [4.78, 5) is 11.3. The van der Waals surface area contributed by atoms with Crippen LogP contribution in [-0.2, 0) is 0 Å². The molecule has 0 saturated heterocycles. The molecule has 0 atom stereocenters.